The van der Waals surface area contributed by atoms with Crippen molar-refractivity contribution in [3.63, 3.8) is 0 Å². The Labute approximate surface area is 198 Å². The molecule has 6 nitrogen and oxygen atoms in total. The van der Waals surface area contributed by atoms with Crippen LogP contribution in [-0.4, -0.2) is 32.1 Å². The van der Waals surface area contributed by atoms with Crippen LogP contribution < -0.4 is 0 Å². The molecule has 0 atom stereocenters. The van der Waals surface area contributed by atoms with E-state index in [9.17, 15) is 22.4 Å². The largest absolute Gasteiger partial charge is 0.461 e. The number of benzene rings is 2. The first-order chi connectivity index (χ1) is 16.6. The zero-order valence-corrected chi connectivity index (χ0v) is 18.8. The lowest BCUT2D eigenvalue weighted by Crippen LogP contribution is -2.11. The number of nitrogens with zero attached hydrogens (tertiary/aromatic N) is 4. The molecule has 4 aromatic rings. The van der Waals surface area contributed by atoms with Crippen LogP contribution in [0.5, 0.6) is 0 Å². The molecule has 0 aliphatic carbocycles. The maximum Gasteiger partial charge on any atom is 0.416 e. The van der Waals surface area contributed by atoms with Gasteiger partial charge in [0.1, 0.15) is 11.6 Å². The van der Waals surface area contributed by atoms with E-state index in [0.717, 1.165) is 17.8 Å². The average molecular weight is 484 g/mol. The number of ether oxygens (including phenoxy) is 1. The fourth-order valence-corrected chi connectivity index (χ4v) is 3.47. The highest BCUT2D eigenvalue weighted by atomic mass is 19.4. The Bertz CT molecular complexity index is 1360. The van der Waals surface area contributed by atoms with E-state index in [-0.39, 0.29) is 30.2 Å². The Hall–Kier alpha value is -4.08. The molecule has 0 radical (unpaired) electrons. The van der Waals surface area contributed by atoms with Crippen LogP contribution in [0.3, 0.4) is 0 Å². The second-order valence-electron chi connectivity index (χ2n) is 7.74. The SMILES string of the molecule is CCOC(=O)c1cc(-c2ccc(C(F)(F)F)cc2)nc(Cc2ccc(-n3cnc(C)c3)c(F)c2)n1. The minimum atomic E-state index is -4.48. The molecule has 4 rings (SSSR count). The number of aromatic nitrogens is 4. The summed E-state index contributed by atoms with van der Waals surface area (Å²) in [5.41, 5.74) is 1.38. The van der Waals surface area contributed by atoms with Gasteiger partial charge < -0.3 is 9.30 Å². The fraction of sp³-hybridized carbons (Fsp3) is 0.200. The smallest absolute Gasteiger partial charge is 0.416 e. The van der Waals surface area contributed by atoms with Gasteiger partial charge in [-0.05, 0) is 49.7 Å². The number of esters is 1. The summed E-state index contributed by atoms with van der Waals surface area (Å²) >= 11 is 0. The lowest BCUT2D eigenvalue weighted by molar-refractivity contribution is -0.137. The predicted molar refractivity (Wildman–Crippen MR) is 119 cm³/mol. The highest BCUT2D eigenvalue weighted by Gasteiger charge is 2.30. The van der Waals surface area contributed by atoms with Crippen molar-refractivity contribution in [2.45, 2.75) is 26.4 Å². The van der Waals surface area contributed by atoms with E-state index in [1.807, 2.05) is 0 Å². The zero-order valence-electron chi connectivity index (χ0n) is 18.8. The number of rotatable bonds is 6. The van der Waals surface area contributed by atoms with Crippen molar-refractivity contribution < 1.29 is 27.1 Å². The van der Waals surface area contributed by atoms with Crippen LogP contribution in [-0.2, 0) is 17.3 Å². The second kappa shape index (κ2) is 9.65. The Balaban J connectivity index is 1.68. The third-order valence-corrected chi connectivity index (χ3v) is 5.13. The number of alkyl halides is 3. The Morgan fingerprint density at radius 1 is 1.06 bits per heavy atom. The molecule has 0 fully saturated rings. The molecule has 0 saturated heterocycles. The van der Waals surface area contributed by atoms with Crippen molar-refractivity contribution in [3.05, 3.63) is 95.2 Å². The summed E-state index contributed by atoms with van der Waals surface area (Å²) < 4.78 is 60.2. The standard InChI is InChI=1S/C25H20F4N4O2/c1-3-35-24(34)21-12-20(17-5-7-18(8-6-17)25(27,28)29)31-23(32-21)11-16-4-9-22(19(26)10-16)33-13-15(2)30-14-33/h4-10,12-14H,3,11H2,1-2H3. The summed E-state index contributed by atoms with van der Waals surface area (Å²) in [6.45, 7) is 3.56. The maximum absolute atomic E-state index is 14.8. The topological polar surface area (TPSA) is 69.9 Å². The van der Waals surface area contributed by atoms with Crippen molar-refractivity contribution >= 4 is 5.97 Å². The maximum atomic E-state index is 14.8. The van der Waals surface area contributed by atoms with E-state index in [0.29, 0.717) is 16.8 Å². The van der Waals surface area contributed by atoms with Gasteiger partial charge in [-0.25, -0.2) is 24.1 Å². The molecular formula is C25H20F4N4O2. The molecule has 10 heteroatoms. The van der Waals surface area contributed by atoms with E-state index >= 15 is 0 Å². The minimum absolute atomic E-state index is 0.0438. The van der Waals surface area contributed by atoms with Gasteiger partial charge in [0.05, 0.1) is 35.6 Å². The van der Waals surface area contributed by atoms with Crippen LogP contribution in [0, 0.1) is 12.7 Å². The third kappa shape index (κ3) is 5.53. The molecule has 2 aromatic carbocycles. The summed E-state index contributed by atoms with van der Waals surface area (Å²) in [7, 11) is 0. The van der Waals surface area contributed by atoms with Crippen molar-refractivity contribution in [2.75, 3.05) is 6.61 Å². The van der Waals surface area contributed by atoms with Gasteiger partial charge in [-0.1, -0.05) is 18.2 Å². The Morgan fingerprint density at radius 2 is 1.80 bits per heavy atom. The van der Waals surface area contributed by atoms with Crippen molar-refractivity contribution in [1.29, 1.82) is 0 Å². The number of carbonyl (C=O) groups is 1. The number of aryl methyl sites for hydroxylation is 1. The minimum Gasteiger partial charge on any atom is -0.461 e. The van der Waals surface area contributed by atoms with E-state index in [4.69, 9.17) is 4.74 Å². The van der Waals surface area contributed by atoms with Crippen LogP contribution in [0.1, 0.15) is 40.1 Å². The van der Waals surface area contributed by atoms with E-state index < -0.39 is 23.5 Å². The monoisotopic (exact) mass is 484 g/mol. The predicted octanol–water partition coefficient (Wildman–Crippen LogP) is 5.56. The summed E-state index contributed by atoms with van der Waals surface area (Å²) in [6, 6.07) is 10.4. The zero-order chi connectivity index (χ0) is 25.2. The normalized spacial score (nSPS) is 11.5. The Morgan fingerprint density at radius 3 is 2.40 bits per heavy atom. The van der Waals surface area contributed by atoms with Crippen LogP contribution in [0.15, 0.2) is 61.1 Å². The van der Waals surface area contributed by atoms with Gasteiger partial charge in [-0.15, -0.1) is 0 Å². The van der Waals surface area contributed by atoms with Crippen LogP contribution in [0.25, 0.3) is 16.9 Å². The molecule has 2 aromatic heterocycles. The van der Waals surface area contributed by atoms with Gasteiger partial charge in [-0.3, -0.25) is 0 Å². The lowest BCUT2D eigenvalue weighted by Gasteiger charge is -2.11. The number of imidazole rings is 1. The number of hydrogen-bond acceptors (Lipinski definition) is 5. The first-order valence-corrected chi connectivity index (χ1v) is 10.7. The molecule has 0 aliphatic rings. The molecule has 0 N–H and O–H groups in total. The summed E-state index contributed by atoms with van der Waals surface area (Å²) in [6.07, 6.45) is -1.19. The third-order valence-electron chi connectivity index (χ3n) is 5.13. The number of halogens is 4. The summed E-state index contributed by atoms with van der Waals surface area (Å²) in [5.74, 6) is -0.984. The molecule has 0 spiro atoms. The molecule has 35 heavy (non-hydrogen) atoms. The quantitative estimate of drug-likeness (QED) is 0.265. The van der Waals surface area contributed by atoms with Gasteiger partial charge in [0.2, 0.25) is 0 Å². The molecule has 0 unspecified atom stereocenters. The first kappa shape index (κ1) is 24.1. The average Bonchev–Trinajstić information content (AvgIpc) is 3.24. The van der Waals surface area contributed by atoms with E-state index in [1.165, 1.54) is 30.6 Å². The molecule has 2 heterocycles. The van der Waals surface area contributed by atoms with Crippen molar-refractivity contribution in [2.24, 2.45) is 0 Å². The van der Waals surface area contributed by atoms with Gasteiger partial charge in [0.15, 0.2) is 5.69 Å². The highest BCUT2D eigenvalue weighted by Crippen LogP contribution is 2.31. The number of carbonyl (C=O) groups excluding carboxylic acids is 1. The fourth-order valence-electron chi connectivity index (χ4n) is 3.47. The molecule has 0 amide bonds. The lowest BCUT2D eigenvalue weighted by atomic mass is 10.1. The van der Waals surface area contributed by atoms with Gasteiger partial charge in [-0.2, -0.15) is 13.2 Å². The van der Waals surface area contributed by atoms with Gasteiger partial charge in [0.25, 0.3) is 0 Å². The highest BCUT2D eigenvalue weighted by molar-refractivity contribution is 5.88. The Kier molecular flexibility index (Phi) is 6.63. The molecule has 0 saturated carbocycles. The summed E-state index contributed by atoms with van der Waals surface area (Å²) in [4.78, 5) is 25.1. The van der Waals surface area contributed by atoms with Gasteiger partial charge in [0, 0.05) is 18.2 Å². The van der Waals surface area contributed by atoms with E-state index in [2.05, 4.69) is 15.0 Å². The van der Waals surface area contributed by atoms with Crippen LogP contribution >= 0.6 is 0 Å². The first-order valence-electron chi connectivity index (χ1n) is 10.7. The van der Waals surface area contributed by atoms with Gasteiger partial charge >= 0.3 is 12.1 Å². The van der Waals surface area contributed by atoms with Crippen LogP contribution in [0.4, 0.5) is 17.6 Å². The van der Waals surface area contributed by atoms with Crippen molar-refractivity contribution in [1.82, 2.24) is 19.5 Å². The molecule has 0 bridgehead atoms. The van der Waals surface area contributed by atoms with Crippen molar-refractivity contribution in [3.8, 4) is 16.9 Å². The molecule has 180 valence electrons. The number of hydrogen-bond donors (Lipinski definition) is 0. The molecular weight excluding hydrogens is 464 g/mol. The van der Waals surface area contributed by atoms with Crippen LogP contribution in [0.2, 0.25) is 0 Å². The van der Waals surface area contributed by atoms with E-state index in [1.54, 1.807) is 36.7 Å². The molecule has 0 aliphatic heterocycles. The second-order valence-corrected chi connectivity index (χ2v) is 7.74. The summed E-state index contributed by atoms with van der Waals surface area (Å²) in [5, 5.41) is 0.